The van der Waals surface area contributed by atoms with Crippen LogP contribution in [0.3, 0.4) is 0 Å². The topological polar surface area (TPSA) is 115 Å². The van der Waals surface area contributed by atoms with E-state index >= 15 is 0 Å². The largest absolute Gasteiger partial charge is 0.495 e. The zero-order valence-corrected chi connectivity index (χ0v) is 18.9. The molecule has 2 aromatic rings. The molecular weight excluding hydrogens is 450 g/mol. The highest BCUT2D eigenvalue weighted by molar-refractivity contribution is 6.30. The molecule has 2 atom stereocenters. The van der Waals surface area contributed by atoms with Gasteiger partial charge in [0, 0.05) is 5.56 Å². The Morgan fingerprint density at radius 2 is 2.15 bits per heavy atom. The maximum Gasteiger partial charge on any atom is 0.415 e. The molecule has 1 saturated heterocycles. The number of halogens is 1. The summed E-state index contributed by atoms with van der Waals surface area (Å²) in [5.74, 6) is 2.14. The molecule has 174 valence electrons. The lowest BCUT2D eigenvalue weighted by atomic mass is 10.1. The van der Waals surface area contributed by atoms with Gasteiger partial charge in [0.15, 0.2) is 18.2 Å². The first-order valence-electron chi connectivity index (χ1n) is 10.8. The Labute approximate surface area is 195 Å². The van der Waals surface area contributed by atoms with Crippen LogP contribution in [0, 0.1) is 5.92 Å². The van der Waals surface area contributed by atoms with Gasteiger partial charge in [0.2, 0.25) is 0 Å². The van der Waals surface area contributed by atoms with Gasteiger partial charge in [-0.25, -0.2) is 14.8 Å². The molecule has 1 aliphatic carbocycles. The number of ether oxygens (including phenoxy) is 3. The van der Waals surface area contributed by atoms with E-state index in [0.29, 0.717) is 48.0 Å². The van der Waals surface area contributed by atoms with Gasteiger partial charge >= 0.3 is 6.09 Å². The molecule has 10 nitrogen and oxygen atoms in total. The zero-order chi connectivity index (χ0) is 22.9. The molecule has 0 radical (unpaired) electrons. The zero-order valence-electron chi connectivity index (χ0n) is 18.1. The molecule has 5 rings (SSSR count). The quantitative estimate of drug-likeness (QED) is 0.464. The van der Waals surface area contributed by atoms with Crippen molar-refractivity contribution in [2.24, 2.45) is 5.92 Å². The third kappa shape index (κ3) is 4.40. The van der Waals surface area contributed by atoms with E-state index in [1.54, 1.807) is 25.4 Å². The van der Waals surface area contributed by atoms with E-state index in [9.17, 15) is 9.59 Å². The second-order valence-corrected chi connectivity index (χ2v) is 8.67. The Hall–Kier alpha value is -3.11. The first-order valence-corrected chi connectivity index (χ1v) is 11.2. The van der Waals surface area contributed by atoms with E-state index < -0.39 is 6.09 Å². The molecule has 2 unspecified atom stereocenters. The summed E-state index contributed by atoms with van der Waals surface area (Å²) in [6, 6.07) is 3.37. The van der Waals surface area contributed by atoms with Crippen LogP contribution in [0.25, 0.3) is 0 Å². The van der Waals surface area contributed by atoms with Crippen LogP contribution in [-0.4, -0.2) is 61.4 Å². The number of carbonyl (C=O) groups is 2. The van der Waals surface area contributed by atoms with E-state index in [-0.39, 0.29) is 18.6 Å². The molecule has 1 fully saturated rings. The van der Waals surface area contributed by atoms with Gasteiger partial charge in [-0.05, 0) is 56.0 Å². The molecule has 0 aromatic carbocycles. The molecule has 0 spiro atoms. The van der Waals surface area contributed by atoms with Crippen molar-refractivity contribution < 1.29 is 23.8 Å². The lowest BCUT2D eigenvalue weighted by Crippen LogP contribution is -2.30. The number of hydrogen-bond acceptors (Lipinski definition) is 8. The Bertz CT molecular complexity index is 1100. The number of carbonyl (C=O) groups excluding carboxylic acids is 2. The van der Waals surface area contributed by atoms with Gasteiger partial charge in [-0.1, -0.05) is 11.6 Å². The number of pyridine rings is 2. The molecule has 2 amide bonds. The summed E-state index contributed by atoms with van der Waals surface area (Å²) in [5, 5.41) is 6.67. The molecule has 3 aliphatic rings. The van der Waals surface area contributed by atoms with Crippen LogP contribution in [0.1, 0.15) is 17.5 Å². The van der Waals surface area contributed by atoms with Gasteiger partial charge in [0.1, 0.15) is 22.8 Å². The minimum atomic E-state index is -0.448. The van der Waals surface area contributed by atoms with Gasteiger partial charge in [-0.2, -0.15) is 0 Å². The first kappa shape index (κ1) is 21.7. The van der Waals surface area contributed by atoms with Crippen LogP contribution >= 0.6 is 11.6 Å². The number of hydrogen-bond donors (Lipinski definition) is 2. The van der Waals surface area contributed by atoms with Crippen LogP contribution in [-0.2, 0) is 22.4 Å². The predicted octanol–water partition coefficient (Wildman–Crippen LogP) is 2.19. The minimum absolute atomic E-state index is 0.0424. The SMILES string of the molecule is COc1cnc(Cl)c2c1CC(CNCCC1CN(c3ccc4c(n3)NC(=O)CO4)C(=O)O1)C2. The van der Waals surface area contributed by atoms with Crippen molar-refractivity contribution in [3.63, 3.8) is 0 Å². The van der Waals surface area contributed by atoms with E-state index in [2.05, 4.69) is 20.6 Å². The number of nitrogens with one attached hydrogen (secondary N) is 2. The third-order valence-electron chi connectivity index (χ3n) is 6.10. The van der Waals surface area contributed by atoms with Crippen LogP contribution < -0.4 is 25.0 Å². The number of rotatable bonds is 7. The number of methoxy groups -OCH3 is 1. The normalized spacial score (nSPS) is 21.2. The van der Waals surface area contributed by atoms with Gasteiger partial charge < -0.3 is 24.8 Å². The van der Waals surface area contributed by atoms with Gasteiger partial charge in [0.05, 0.1) is 19.9 Å². The Kier molecular flexibility index (Phi) is 5.94. The fraction of sp³-hybridized carbons (Fsp3) is 0.455. The summed E-state index contributed by atoms with van der Waals surface area (Å²) < 4.78 is 16.2. The summed E-state index contributed by atoms with van der Waals surface area (Å²) in [6.07, 6.45) is 3.42. The molecule has 33 heavy (non-hydrogen) atoms. The maximum absolute atomic E-state index is 12.4. The number of anilines is 2. The average molecular weight is 474 g/mol. The second kappa shape index (κ2) is 9.03. The standard InChI is InChI=1S/C22H24ClN5O5/c1-31-17-9-25-20(23)15-7-12(6-14(15)17)8-24-5-4-13-10-28(22(30)33-13)18-3-2-16-21(26-18)27-19(29)11-32-16/h2-3,9,12-13,24H,4-8,10-11H2,1H3,(H,26,27,29). The highest BCUT2D eigenvalue weighted by Gasteiger charge is 2.34. The van der Waals surface area contributed by atoms with Crippen molar-refractivity contribution in [1.82, 2.24) is 15.3 Å². The lowest BCUT2D eigenvalue weighted by molar-refractivity contribution is -0.118. The molecule has 0 saturated carbocycles. The molecule has 2 aromatic heterocycles. The fourth-order valence-corrected chi connectivity index (χ4v) is 4.72. The number of fused-ring (bicyclic) bond motifs is 2. The number of cyclic esters (lactones) is 1. The highest BCUT2D eigenvalue weighted by atomic mass is 35.5. The number of amides is 2. The van der Waals surface area contributed by atoms with Crippen molar-refractivity contribution >= 4 is 35.2 Å². The average Bonchev–Trinajstić information content (AvgIpc) is 3.40. The van der Waals surface area contributed by atoms with Crippen molar-refractivity contribution in [2.45, 2.75) is 25.4 Å². The molecule has 2 N–H and O–H groups in total. The first-order chi connectivity index (χ1) is 16.0. The van der Waals surface area contributed by atoms with Crippen LogP contribution in [0.4, 0.5) is 16.4 Å². The van der Waals surface area contributed by atoms with Crippen molar-refractivity contribution in [3.8, 4) is 11.5 Å². The summed E-state index contributed by atoms with van der Waals surface area (Å²) in [7, 11) is 1.65. The minimum Gasteiger partial charge on any atom is -0.495 e. The summed E-state index contributed by atoms with van der Waals surface area (Å²) in [6.45, 7) is 1.89. The van der Waals surface area contributed by atoms with Crippen molar-refractivity contribution in [2.75, 3.05) is 43.6 Å². The fourth-order valence-electron chi connectivity index (χ4n) is 4.48. The smallest absolute Gasteiger partial charge is 0.415 e. The van der Waals surface area contributed by atoms with Gasteiger partial charge in [0.25, 0.3) is 5.91 Å². The van der Waals surface area contributed by atoms with Gasteiger partial charge in [-0.3, -0.25) is 9.69 Å². The number of aromatic nitrogens is 2. The van der Waals surface area contributed by atoms with E-state index in [0.717, 1.165) is 36.3 Å². The van der Waals surface area contributed by atoms with E-state index in [1.807, 2.05) is 0 Å². The third-order valence-corrected chi connectivity index (χ3v) is 6.42. The molecule has 11 heteroatoms. The predicted molar refractivity (Wildman–Crippen MR) is 120 cm³/mol. The number of nitrogens with zero attached hydrogens (tertiary/aromatic N) is 3. The highest BCUT2D eigenvalue weighted by Crippen LogP contribution is 2.36. The molecular formula is C22H24ClN5O5. The Balaban J connectivity index is 1.11. The van der Waals surface area contributed by atoms with Crippen LogP contribution in [0.5, 0.6) is 11.5 Å². The van der Waals surface area contributed by atoms with Gasteiger partial charge in [-0.15, -0.1) is 0 Å². The lowest BCUT2D eigenvalue weighted by Gasteiger charge is -2.19. The monoisotopic (exact) mass is 473 g/mol. The van der Waals surface area contributed by atoms with Crippen LogP contribution in [0.15, 0.2) is 18.3 Å². The van der Waals surface area contributed by atoms with E-state index in [1.165, 1.54) is 4.90 Å². The summed E-state index contributed by atoms with van der Waals surface area (Å²) in [4.78, 5) is 33.9. The van der Waals surface area contributed by atoms with Crippen LogP contribution in [0.2, 0.25) is 5.15 Å². The molecule has 0 bridgehead atoms. The maximum atomic E-state index is 12.4. The van der Waals surface area contributed by atoms with E-state index in [4.69, 9.17) is 25.8 Å². The summed E-state index contributed by atoms with van der Waals surface area (Å²) >= 11 is 6.26. The van der Waals surface area contributed by atoms with Crippen molar-refractivity contribution in [1.29, 1.82) is 0 Å². The molecule has 4 heterocycles. The van der Waals surface area contributed by atoms with Crippen molar-refractivity contribution in [3.05, 3.63) is 34.6 Å². The second-order valence-electron chi connectivity index (χ2n) is 8.31. The molecule has 2 aliphatic heterocycles. The summed E-state index contributed by atoms with van der Waals surface area (Å²) in [5.41, 5.74) is 2.21. The Morgan fingerprint density at radius 1 is 1.30 bits per heavy atom. The Morgan fingerprint density at radius 3 is 3.00 bits per heavy atom.